The first-order valence-corrected chi connectivity index (χ1v) is 11.5. The number of carboxylic acids is 2. The minimum Gasteiger partial charge on any atom is -0.481 e. The number of rotatable bonds is 19. The summed E-state index contributed by atoms with van der Waals surface area (Å²) in [5.41, 5.74) is 0. The van der Waals surface area contributed by atoms with Crippen LogP contribution in [-0.2, 0) is 9.59 Å². The highest BCUT2D eigenvalue weighted by molar-refractivity contribution is 5.74. The summed E-state index contributed by atoms with van der Waals surface area (Å²) in [5, 5.41) is 18.0. The second kappa shape index (κ2) is 14.9. The van der Waals surface area contributed by atoms with Crippen LogP contribution in [0.5, 0.6) is 0 Å². The smallest absolute Gasteiger partial charge is 0.307 e. The fraction of sp³-hybridized carbons (Fsp3) is 0.913. The van der Waals surface area contributed by atoms with Crippen molar-refractivity contribution in [3.63, 3.8) is 0 Å². The quantitative estimate of drug-likeness (QED) is 0.245. The summed E-state index contributed by atoms with van der Waals surface area (Å²) < 4.78 is 0. The molecule has 0 amide bonds. The Morgan fingerprint density at radius 1 is 0.630 bits per heavy atom. The molecule has 1 fully saturated rings. The van der Waals surface area contributed by atoms with E-state index < -0.39 is 11.9 Å². The van der Waals surface area contributed by atoms with Gasteiger partial charge in [-0.2, -0.15) is 0 Å². The lowest BCUT2D eigenvalue weighted by molar-refractivity contribution is -0.139. The van der Waals surface area contributed by atoms with E-state index in [1.165, 1.54) is 70.6 Å². The van der Waals surface area contributed by atoms with Gasteiger partial charge in [-0.3, -0.25) is 9.59 Å². The van der Waals surface area contributed by atoms with Crippen LogP contribution in [0.1, 0.15) is 116 Å². The molecule has 3 unspecified atom stereocenters. The first-order valence-electron chi connectivity index (χ1n) is 11.5. The van der Waals surface area contributed by atoms with E-state index in [4.69, 9.17) is 5.11 Å². The third kappa shape index (κ3) is 11.4. The van der Waals surface area contributed by atoms with Crippen LogP contribution in [0.3, 0.4) is 0 Å². The summed E-state index contributed by atoms with van der Waals surface area (Å²) in [5.74, 6) is -0.776. The van der Waals surface area contributed by atoms with Crippen molar-refractivity contribution < 1.29 is 19.8 Å². The third-order valence-corrected chi connectivity index (χ3v) is 6.19. The molecule has 1 aliphatic carbocycles. The van der Waals surface area contributed by atoms with E-state index in [2.05, 4.69) is 6.92 Å². The molecule has 0 radical (unpaired) electrons. The Morgan fingerprint density at radius 3 is 1.44 bits per heavy atom. The summed E-state index contributed by atoms with van der Waals surface area (Å²) >= 11 is 0. The number of hydrogen-bond donors (Lipinski definition) is 2. The van der Waals surface area contributed by atoms with Crippen LogP contribution in [0, 0.1) is 17.8 Å². The van der Waals surface area contributed by atoms with Crippen LogP contribution in [0.15, 0.2) is 0 Å². The molecule has 4 heteroatoms. The van der Waals surface area contributed by atoms with Crippen LogP contribution in [-0.4, -0.2) is 22.2 Å². The molecule has 1 aliphatic rings. The molecular formula is C23H42O4. The van der Waals surface area contributed by atoms with Crippen molar-refractivity contribution in [2.45, 2.75) is 116 Å². The predicted octanol–water partition coefficient (Wildman–Crippen LogP) is 6.67. The second-order valence-electron chi connectivity index (χ2n) is 8.51. The highest BCUT2D eigenvalue weighted by atomic mass is 16.4. The SMILES string of the molecule is CCCCCCCCCCCCCC1C(CCCCCC(=O)O)C1C(=O)O. The number of hydrogen-bond acceptors (Lipinski definition) is 2. The van der Waals surface area contributed by atoms with Crippen molar-refractivity contribution >= 4 is 11.9 Å². The van der Waals surface area contributed by atoms with Crippen molar-refractivity contribution in [1.29, 1.82) is 0 Å². The number of carboxylic acid groups (broad SMARTS) is 2. The molecule has 0 aromatic heterocycles. The third-order valence-electron chi connectivity index (χ3n) is 6.19. The van der Waals surface area contributed by atoms with Gasteiger partial charge in [-0.15, -0.1) is 0 Å². The Hall–Kier alpha value is -1.06. The second-order valence-corrected chi connectivity index (χ2v) is 8.51. The van der Waals surface area contributed by atoms with Gasteiger partial charge in [0.25, 0.3) is 0 Å². The molecule has 2 N–H and O–H groups in total. The maximum absolute atomic E-state index is 11.4. The highest BCUT2D eigenvalue weighted by Crippen LogP contribution is 2.52. The predicted molar refractivity (Wildman–Crippen MR) is 110 cm³/mol. The zero-order valence-corrected chi connectivity index (χ0v) is 17.5. The topological polar surface area (TPSA) is 74.6 Å². The average Bonchev–Trinajstić information content (AvgIpc) is 3.32. The Bertz CT molecular complexity index is 407. The molecule has 0 aromatic carbocycles. The number of aliphatic carboxylic acids is 2. The molecule has 0 heterocycles. The van der Waals surface area contributed by atoms with Gasteiger partial charge in [-0.05, 0) is 31.1 Å². The van der Waals surface area contributed by atoms with Crippen molar-refractivity contribution in [3.05, 3.63) is 0 Å². The average molecular weight is 383 g/mol. The molecule has 0 spiro atoms. The summed E-state index contributed by atoms with van der Waals surface area (Å²) in [6.45, 7) is 2.25. The maximum Gasteiger partial charge on any atom is 0.307 e. The normalized spacial score (nSPS) is 21.3. The molecule has 27 heavy (non-hydrogen) atoms. The Labute approximate surface area is 166 Å². The standard InChI is InChI=1S/C23H42O4/c1-2-3-4-5-6-7-8-9-10-11-13-16-19-20(22(19)23(26)27)17-14-12-15-18-21(24)25/h19-20,22H,2-18H2,1H3,(H,24,25)(H,26,27). The summed E-state index contributed by atoms with van der Waals surface area (Å²) in [6, 6.07) is 0. The van der Waals surface area contributed by atoms with Crippen LogP contribution >= 0.6 is 0 Å². The fourth-order valence-electron chi connectivity index (χ4n) is 4.48. The first kappa shape index (κ1) is 24.0. The highest BCUT2D eigenvalue weighted by Gasteiger charge is 2.53. The molecule has 158 valence electrons. The molecule has 4 nitrogen and oxygen atoms in total. The summed E-state index contributed by atoms with van der Waals surface area (Å²) in [4.78, 5) is 21.9. The minimum absolute atomic E-state index is 0.132. The monoisotopic (exact) mass is 382 g/mol. The molecule has 0 aromatic rings. The lowest BCUT2D eigenvalue weighted by Crippen LogP contribution is -2.01. The largest absolute Gasteiger partial charge is 0.481 e. The Kier molecular flexibility index (Phi) is 13.3. The van der Waals surface area contributed by atoms with Gasteiger partial charge in [0.2, 0.25) is 0 Å². The van der Waals surface area contributed by atoms with E-state index in [-0.39, 0.29) is 12.3 Å². The van der Waals surface area contributed by atoms with E-state index in [0.29, 0.717) is 18.3 Å². The van der Waals surface area contributed by atoms with Gasteiger partial charge < -0.3 is 10.2 Å². The molecule has 0 aliphatic heterocycles. The van der Waals surface area contributed by atoms with E-state index in [1.54, 1.807) is 0 Å². The minimum atomic E-state index is -0.737. The number of carbonyl (C=O) groups is 2. The van der Waals surface area contributed by atoms with Gasteiger partial charge in [0.15, 0.2) is 0 Å². The molecule has 1 rings (SSSR count). The van der Waals surface area contributed by atoms with Gasteiger partial charge in [-0.1, -0.05) is 90.4 Å². The van der Waals surface area contributed by atoms with Crippen LogP contribution in [0.4, 0.5) is 0 Å². The molecular weight excluding hydrogens is 340 g/mol. The van der Waals surface area contributed by atoms with Crippen molar-refractivity contribution in [3.8, 4) is 0 Å². The lowest BCUT2D eigenvalue weighted by Gasteiger charge is -2.03. The van der Waals surface area contributed by atoms with Crippen molar-refractivity contribution in [1.82, 2.24) is 0 Å². The molecule has 0 saturated heterocycles. The summed E-state index contributed by atoms with van der Waals surface area (Å²) in [7, 11) is 0. The van der Waals surface area contributed by atoms with Crippen molar-refractivity contribution in [2.75, 3.05) is 0 Å². The zero-order chi connectivity index (χ0) is 19.9. The molecule has 0 bridgehead atoms. The maximum atomic E-state index is 11.4. The van der Waals surface area contributed by atoms with E-state index >= 15 is 0 Å². The van der Waals surface area contributed by atoms with Gasteiger partial charge in [-0.25, -0.2) is 0 Å². The van der Waals surface area contributed by atoms with E-state index in [0.717, 1.165) is 25.7 Å². The van der Waals surface area contributed by atoms with Gasteiger partial charge in [0.1, 0.15) is 0 Å². The fourth-order valence-corrected chi connectivity index (χ4v) is 4.48. The van der Waals surface area contributed by atoms with E-state index in [9.17, 15) is 14.7 Å². The summed E-state index contributed by atoms with van der Waals surface area (Å²) in [6.07, 6.45) is 19.4. The Balaban J connectivity index is 1.98. The van der Waals surface area contributed by atoms with Gasteiger partial charge >= 0.3 is 11.9 Å². The van der Waals surface area contributed by atoms with Crippen LogP contribution in [0.2, 0.25) is 0 Å². The van der Waals surface area contributed by atoms with Gasteiger partial charge in [0.05, 0.1) is 5.92 Å². The van der Waals surface area contributed by atoms with Crippen molar-refractivity contribution in [2.24, 2.45) is 17.8 Å². The van der Waals surface area contributed by atoms with E-state index in [1.807, 2.05) is 0 Å². The zero-order valence-electron chi connectivity index (χ0n) is 17.5. The lowest BCUT2D eigenvalue weighted by atomic mass is 10.0. The van der Waals surface area contributed by atoms with Crippen LogP contribution < -0.4 is 0 Å². The molecule has 1 saturated carbocycles. The molecule has 3 atom stereocenters. The number of unbranched alkanes of at least 4 members (excludes halogenated alkanes) is 12. The first-order chi connectivity index (χ1) is 13.1. The van der Waals surface area contributed by atoms with Crippen LogP contribution in [0.25, 0.3) is 0 Å². The Morgan fingerprint density at radius 2 is 1.04 bits per heavy atom. The van der Waals surface area contributed by atoms with Gasteiger partial charge in [0, 0.05) is 6.42 Å².